The fourth-order valence-corrected chi connectivity index (χ4v) is 2.51. The van der Waals surface area contributed by atoms with Crippen LogP contribution in [0.2, 0.25) is 0 Å². The molecule has 0 aliphatic carbocycles. The van der Waals surface area contributed by atoms with Gasteiger partial charge >= 0.3 is 0 Å². The molecule has 1 atom stereocenters. The number of hydrogen-bond acceptors (Lipinski definition) is 4. The van der Waals surface area contributed by atoms with E-state index in [4.69, 9.17) is 5.73 Å². The highest BCUT2D eigenvalue weighted by atomic mass is 15.3. The van der Waals surface area contributed by atoms with Crippen molar-refractivity contribution >= 4 is 5.65 Å². The molecule has 0 spiro atoms. The van der Waals surface area contributed by atoms with Gasteiger partial charge < -0.3 is 11.1 Å². The molecule has 90 valence electrons. The minimum atomic E-state index is 0.519. The van der Waals surface area contributed by atoms with Crippen molar-refractivity contribution in [1.82, 2.24) is 19.9 Å². The molecular weight excluding hydrogens is 214 g/mol. The van der Waals surface area contributed by atoms with E-state index >= 15 is 0 Å². The van der Waals surface area contributed by atoms with Gasteiger partial charge in [0, 0.05) is 18.7 Å². The lowest BCUT2D eigenvalue weighted by molar-refractivity contribution is 0.556. The van der Waals surface area contributed by atoms with Gasteiger partial charge in [0.1, 0.15) is 5.82 Å². The quantitative estimate of drug-likeness (QED) is 0.799. The van der Waals surface area contributed by atoms with Crippen LogP contribution in [-0.2, 0) is 13.0 Å². The van der Waals surface area contributed by atoms with E-state index in [1.165, 1.54) is 6.42 Å². The van der Waals surface area contributed by atoms with E-state index < -0.39 is 0 Å². The van der Waals surface area contributed by atoms with E-state index in [1.54, 1.807) is 0 Å². The molecule has 1 unspecified atom stereocenters. The number of nitrogens with one attached hydrogen (secondary N) is 1. The Hall–Kier alpha value is -1.46. The first-order chi connectivity index (χ1) is 8.38. The lowest BCUT2D eigenvalue weighted by Crippen LogP contribution is -2.13. The van der Waals surface area contributed by atoms with Crippen LogP contribution in [0.25, 0.3) is 5.65 Å². The van der Waals surface area contributed by atoms with Gasteiger partial charge in [0.25, 0.3) is 0 Å². The predicted octanol–water partition coefficient (Wildman–Crippen LogP) is 0.340. The van der Waals surface area contributed by atoms with Crippen molar-refractivity contribution in [3.63, 3.8) is 0 Å². The molecule has 2 aromatic heterocycles. The van der Waals surface area contributed by atoms with Gasteiger partial charge in [-0.1, -0.05) is 6.07 Å². The Balaban J connectivity index is 1.98. The third kappa shape index (κ3) is 1.92. The SMILES string of the molecule is NCc1cccc2nnc(CC3CCNC3)n12. The van der Waals surface area contributed by atoms with Gasteiger partial charge in [-0.15, -0.1) is 10.2 Å². The molecule has 3 N–H and O–H groups in total. The van der Waals surface area contributed by atoms with Crippen LogP contribution in [0.1, 0.15) is 17.9 Å². The molecule has 1 aliphatic heterocycles. The second kappa shape index (κ2) is 4.43. The smallest absolute Gasteiger partial charge is 0.161 e. The van der Waals surface area contributed by atoms with Gasteiger partial charge in [0.15, 0.2) is 5.65 Å². The van der Waals surface area contributed by atoms with Gasteiger partial charge in [-0.2, -0.15) is 0 Å². The van der Waals surface area contributed by atoms with Gasteiger partial charge in [-0.3, -0.25) is 4.40 Å². The standard InChI is InChI=1S/C12H17N5/c13-7-10-2-1-3-11-15-16-12(17(10)11)6-9-4-5-14-8-9/h1-3,9,14H,4-8,13H2. The number of hydrogen-bond donors (Lipinski definition) is 2. The summed E-state index contributed by atoms with van der Waals surface area (Å²) in [5.74, 6) is 1.71. The number of pyridine rings is 1. The third-order valence-electron chi connectivity index (χ3n) is 3.42. The van der Waals surface area contributed by atoms with Gasteiger partial charge in [0.2, 0.25) is 0 Å². The molecule has 17 heavy (non-hydrogen) atoms. The maximum Gasteiger partial charge on any atom is 0.161 e. The Morgan fingerprint density at radius 2 is 2.35 bits per heavy atom. The molecule has 2 aromatic rings. The summed E-state index contributed by atoms with van der Waals surface area (Å²) in [5.41, 5.74) is 7.74. The molecular formula is C12H17N5. The highest BCUT2D eigenvalue weighted by molar-refractivity contribution is 5.40. The van der Waals surface area contributed by atoms with Gasteiger partial charge in [-0.25, -0.2) is 0 Å². The Morgan fingerprint density at radius 1 is 1.41 bits per heavy atom. The zero-order valence-electron chi connectivity index (χ0n) is 9.76. The maximum atomic E-state index is 5.76. The summed E-state index contributed by atoms with van der Waals surface area (Å²) in [6.07, 6.45) is 2.20. The largest absolute Gasteiger partial charge is 0.325 e. The zero-order valence-corrected chi connectivity index (χ0v) is 9.76. The lowest BCUT2D eigenvalue weighted by Gasteiger charge is -2.08. The molecule has 5 nitrogen and oxygen atoms in total. The second-order valence-corrected chi connectivity index (χ2v) is 4.59. The van der Waals surface area contributed by atoms with E-state index in [2.05, 4.69) is 19.9 Å². The molecule has 0 saturated carbocycles. The molecule has 0 radical (unpaired) electrons. The van der Waals surface area contributed by atoms with Crippen molar-refractivity contribution < 1.29 is 0 Å². The zero-order chi connectivity index (χ0) is 11.7. The molecule has 0 aromatic carbocycles. The molecule has 3 heterocycles. The van der Waals surface area contributed by atoms with E-state index in [-0.39, 0.29) is 0 Å². The van der Waals surface area contributed by atoms with Gasteiger partial charge in [-0.05, 0) is 37.6 Å². The molecule has 5 heteroatoms. The average molecular weight is 231 g/mol. The molecule has 0 bridgehead atoms. The summed E-state index contributed by atoms with van der Waals surface area (Å²) in [6.45, 7) is 2.72. The van der Waals surface area contributed by atoms with Crippen molar-refractivity contribution in [2.45, 2.75) is 19.4 Å². The molecule has 1 saturated heterocycles. The van der Waals surface area contributed by atoms with E-state index in [1.807, 2.05) is 18.2 Å². The number of nitrogens with zero attached hydrogens (tertiary/aromatic N) is 3. The Kier molecular flexibility index (Phi) is 2.78. The van der Waals surface area contributed by atoms with Crippen LogP contribution >= 0.6 is 0 Å². The average Bonchev–Trinajstić information content (AvgIpc) is 2.99. The monoisotopic (exact) mass is 231 g/mol. The summed E-state index contributed by atoms with van der Waals surface area (Å²) in [5, 5.41) is 11.9. The minimum absolute atomic E-state index is 0.519. The first-order valence-electron chi connectivity index (χ1n) is 6.11. The van der Waals surface area contributed by atoms with Gasteiger partial charge in [0.05, 0.1) is 0 Å². The van der Waals surface area contributed by atoms with Crippen molar-refractivity contribution in [1.29, 1.82) is 0 Å². The van der Waals surface area contributed by atoms with E-state index in [0.717, 1.165) is 36.7 Å². The predicted molar refractivity (Wildman–Crippen MR) is 65.6 cm³/mol. The van der Waals surface area contributed by atoms with E-state index in [0.29, 0.717) is 12.5 Å². The summed E-state index contributed by atoms with van der Waals surface area (Å²) >= 11 is 0. The fourth-order valence-electron chi connectivity index (χ4n) is 2.51. The van der Waals surface area contributed by atoms with Crippen LogP contribution in [0.5, 0.6) is 0 Å². The first-order valence-corrected chi connectivity index (χ1v) is 6.11. The first kappa shape index (κ1) is 10.7. The Morgan fingerprint density at radius 3 is 3.12 bits per heavy atom. The Bertz CT molecular complexity index is 513. The minimum Gasteiger partial charge on any atom is -0.325 e. The number of fused-ring (bicyclic) bond motifs is 1. The topological polar surface area (TPSA) is 68.2 Å². The molecule has 1 fully saturated rings. The molecule has 3 rings (SSSR count). The third-order valence-corrected chi connectivity index (χ3v) is 3.42. The van der Waals surface area contributed by atoms with Crippen LogP contribution in [0.3, 0.4) is 0 Å². The van der Waals surface area contributed by atoms with Crippen molar-refractivity contribution in [2.24, 2.45) is 11.7 Å². The number of nitrogens with two attached hydrogens (primary N) is 1. The van der Waals surface area contributed by atoms with Crippen molar-refractivity contribution in [3.8, 4) is 0 Å². The fraction of sp³-hybridized carbons (Fsp3) is 0.500. The summed E-state index contributed by atoms with van der Waals surface area (Å²) in [6, 6.07) is 5.99. The van der Waals surface area contributed by atoms with Crippen LogP contribution in [0, 0.1) is 5.92 Å². The lowest BCUT2D eigenvalue weighted by atomic mass is 10.0. The number of rotatable bonds is 3. The van der Waals surface area contributed by atoms with Crippen LogP contribution in [0.4, 0.5) is 0 Å². The molecule has 1 aliphatic rings. The Labute approximate surface area is 100 Å². The summed E-state index contributed by atoms with van der Waals surface area (Å²) < 4.78 is 2.10. The van der Waals surface area contributed by atoms with E-state index in [9.17, 15) is 0 Å². The normalized spacial score (nSPS) is 20.2. The summed E-state index contributed by atoms with van der Waals surface area (Å²) in [4.78, 5) is 0. The molecule has 0 amide bonds. The van der Waals surface area contributed by atoms with Crippen LogP contribution in [-0.4, -0.2) is 27.7 Å². The maximum absolute atomic E-state index is 5.76. The van der Waals surface area contributed by atoms with Crippen molar-refractivity contribution in [2.75, 3.05) is 13.1 Å². The highest BCUT2D eigenvalue weighted by Gasteiger charge is 2.18. The number of aromatic nitrogens is 3. The summed E-state index contributed by atoms with van der Waals surface area (Å²) in [7, 11) is 0. The second-order valence-electron chi connectivity index (χ2n) is 4.59. The van der Waals surface area contributed by atoms with Crippen LogP contribution < -0.4 is 11.1 Å². The van der Waals surface area contributed by atoms with Crippen LogP contribution in [0.15, 0.2) is 18.2 Å². The highest BCUT2D eigenvalue weighted by Crippen LogP contribution is 2.16. The van der Waals surface area contributed by atoms with Crippen molar-refractivity contribution in [3.05, 3.63) is 29.7 Å².